The summed E-state index contributed by atoms with van der Waals surface area (Å²) >= 11 is 0. The predicted molar refractivity (Wildman–Crippen MR) is 109 cm³/mol. The number of hydrogen-bond donors (Lipinski definition) is 1. The van der Waals surface area contributed by atoms with Crippen molar-refractivity contribution in [2.75, 3.05) is 24.2 Å². The summed E-state index contributed by atoms with van der Waals surface area (Å²) in [6.07, 6.45) is 6.02. The number of nitrogens with zero attached hydrogens (tertiary/aromatic N) is 4. The van der Waals surface area contributed by atoms with E-state index in [1.54, 1.807) is 0 Å². The van der Waals surface area contributed by atoms with Gasteiger partial charge in [-0.25, -0.2) is 22.8 Å². The zero-order valence-electron chi connectivity index (χ0n) is 16.2. The molecular formula is C20H20FN5O3S. The summed E-state index contributed by atoms with van der Waals surface area (Å²) in [6, 6.07) is 5.49. The van der Waals surface area contributed by atoms with Crippen LogP contribution >= 0.6 is 0 Å². The van der Waals surface area contributed by atoms with Crippen molar-refractivity contribution in [1.82, 2.24) is 19.9 Å². The van der Waals surface area contributed by atoms with Crippen molar-refractivity contribution in [3.05, 3.63) is 48.2 Å². The lowest BCUT2D eigenvalue weighted by molar-refractivity contribution is 0.0640. The lowest BCUT2D eigenvalue weighted by Gasteiger charge is -2.41. The Morgan fingerprint density at radius 1 is 1.17 bits per heavy atom. The number of carbonyl (C=O) groups excluding carboxylic acids is 1. The predicted octanol–water partition coefficient (Wildman–Crippen LogP) is 1.99. The molecule has 30 heavy (non-hydrogen) atoms. The lowest BCUT2D eigenvalue weighted by Crippen LogP contribution is -2.56. The van der Waals surface area contributed by atoms with Crippen molar-refractivity contribution in [2.45, 2.75) is 29.8 Å². The number of H-pyrrole nitrogens is 1. The Morgan fingerprint density at radius 2 is 1.90 bits per heavy atom. The Bertz CT molecular complexity index is 1240. The lowest BCUT2D eigenvalue weighted by atomic mass is 10.1. The molecule has 2 saturated heterocycles. The third kappa shape index (κ3) is 3.02. The van der Waals surface area contributed by atoms with Gasteiger partial charge in [0.1, 0.15) is 28.5 Å². The summed E-state index contributed by atoms with van der Waals surface area (Å²) in [6.45, 7) is 1.26. The standard InChI is InChI=1S/C20H20FN5O3S/c1-30(28,29)17-5-2-12(8-16(17)21)20(27)26-13-3-4-14(26)10-25(9-13)19-15-6-7-22-18(15)23-11-24-19/h2,5-8,11,13-14H,3-4,9-10H2,1H3,(H,22,23,24). The zero-order chi connectivity index (χ0) is 21.0. The van der Waals surface area contributed by atoms with Gasteiger partial charge in [-0.1, -0.05) is 0 Å². The van der Waals surface area contributed by atoms with Crippen molar-refractivity contribution in [2.24, 2.45) is 0 Å². The number of nitrogens with one attached hydrogen (secondary N) is 1. The number of aromatic nitrogens is 3. The first-order chi connectivity index (χ1) is 14.3. The first-order valence-corrected chi connectivity index (χ1v) is 11.6. The van der Waals surface area contributed by atoms with E-state index < -0.39 is 20.5 Å². The molecule has 156 valence electrons. The quantitative estimate of drug-likeness (QED) is 0.684. The molecule has 4 heterocycles. The normalized spacial score (nSPS) is 21.4. The fourth-order valence-corrected chi connectivity index (χ4v) is 5.33. The molecule has 2 unspecified atom stereocenters. The molecule has 0 spiro atoms. The van der Waals surface area contributed by atoms with E-state index in [1.807, 2.05) is 17.2 Å². The van der Waals surface area contributed by atoms with Crippen LogP contribution < -0.4 is 4.90 Å². The van der Waals surface area contributed by atoms with E-state index in [9.17, 15) is 17.6 Å². The molecule has 2 aliphatic heterocycles. The maximum atomic E-state index is 14.3. The molecule has 2 aromatic heterocycles. The second-order valence-electron chi connectivity index (χ2n) is 7.86. The third-order valence-electron chi connectivity index (χ3n) is 5.93. The molecule has 2 bridgehead atoms. The van der Waals surface area contributed by atoms with Crippen LogP contribution in [0.25, 0.3) is 11.0 Å². The van der Waals surface area contributed by atoms with Crippen molar-refractivity contribution >= 4 is 32.6 Å². The van der Waals surface area contributed by atoms with Crippen LogP contribution in [0.1, 0.15) is 23.2 Å². The van der Waals surface area contributed by atoms with Gasteiger partial charge in [-0.05, 0) is 37.1 Å². The summed E-state index contributed by atoms with van der Waals surface area (Å²) in [4.78, 5) is 28.5. The Balaban J connectivity index is 1.41. The molecule has 8 nitrogen and oxygen atoms in total. The van der Waals surface area contributed by atoms with E-state index >= 15 is 0 Å². The van der Waals surface area contributed by atoms with Crippen LogP contribution in [0.2, 0.25) is 0 Å². The number of aromatic amines is 1. The smallest absolute Gasteiger partial charge is 0.254 e. The molecule has 2 aliphatic rings. The van der Waals surface area contributed by atoms with Crippen LogP contribution in [0.15, 0.2) is 41.7 Å². The van der Waals surface area contributed by atoms with Gasteiger partial charge in [-0.2, -0.15) is 0 Å². The van der Waals surface area contributed by atoms with Crippen molar-refractivity contribution < 1.29 is 17.6 Å². The van der Waals surface area contributed by atoms with Crippen LogP contribution in [-0.4, -0.2) is 65.6 Å². The molecule has 2 atom stereocenters. The average Bonchev–Trinajstić information content (AvgIpc) is 3.28. The van der Waals surface area contributed by atoms with Gasteiger partial charge >= 0.3 is 0 Å². The number of hydrogen-bond acceptors (Lipinski definition) is 6. The monoisotopic (exact) mass is 429 g/mol. The molecule has 3 aromatic rings. The molecule has 0 radical (unpaired) electrons. The zero-order valence-corrected chi connectivity index (χ0v) is 17.1. The summed E-state index contributed by atoms with van der Waals surface area (Å²) in [5.41, 5.74) is 0.938. The van der Waals surface area contributed by atoms with Crippen LogP contribution in [0.3, 0.4) is 0 Å². The minimum Gasteiger partial charge on any atom is -0.352 e. The number of carbonyl (C=O) groups is 1. The van der Waals surface area contributed by atoms with Crippen LogP contribution in [0.5, 0.6) is 0 Å². The Kier molecular flexibility index (Phi) is 4.28. The van der Waals surface area contributed by atoms with Crippen LogP contribution in [-0.2, 0) is 9.84 Å². The topological polar surface area (TPSA) is 99.3 Å². The number of anilines is 1. The van der Waals surface area contributed by atoms with E-state index in [1.165, 1.54) is 18.5 Å². The average molecular weight is 429 g/mol. The van der Waals surface area contributed by atoms with Crippen molar-refractivity contribution in [3.8, 4) is 0 Å². The Morgan fingerprint density at radius 3 is 2.57 bits per heavy atom. The van der Waals surface area contributed by atoms with Crippen molar-refractivity contribution in [3.63, 3.8) is 0 Å². The number of fused-ring (bicyclic) bond motifs is 3. The Labute approximate surface area is 172 Å². The summed E-state index contributed by atoms with van der Waals surface area (Å²) in [5, 5.41) is 0.940. The van der Waals surface area contributed by atoms with E-state index in [0.29, 0.717) is 13.1 Å². The third-order valence-corrected chi connectivity index (χ3v) is 7.06. The van der Waals surface area contributed by atoms with Crippen molar-refractivity contribution in [1.29, 1.82) is 0 Å². The number of sulfone groups is 1. The van der Waals surface area contributed by atoms with Crippen LogP contribution in [0.4, 0.5) is 10.2 Å². The summed E-state index contributed by atoms with van der Waals surface area (Å²) < 4.78 is 37.6. The van der Waals surface area contributed by atoms with Gasteiger partial charge in [0.05, 0.1) is 17.5 Å². The number of amides is 1. The Hall–Kier alpha value is -3.01. The summed E-state index contributed by atoms with van der Waals surface area (Å²) in [5.74, 6) is -0.324. The second kappa shape index (κ2) is 6.76. The molecule has 5 rings (SSSR count). The first kappa shape index (κ1) is 19.0. The highest BCUT2D eigenvalue weighted by molar-refractivity contribution is 7.90. The maximum absolute atomic E-state index is 14.3. The molecule has 1 N–H and O–H groups in total. The van der Waals surface area contributed by atoms with Crippen LogP contribution in [0, 0.1) is 5.82 Å². The molecule has 1 amide bonds. The minimum absolute atomic E-state index is 0.0159. The molecule has 10 heteroatoms. The fraction of sp³-hybridized carbons (Fsp3) is 0.350. The molecular weight excluding hydrogens is 409 g/mol. The molecule has 1 aromatic carbocycles. The molecule has 0 saturated carbocycles. The largest absolute Gasteiger partial charge is 0.352 e. The minimum atomic E-state index is -3.68. The highest BCUT2D eigenvalue weighted by Crippen LogP contribution is 2.35. The second-order valence-corrected chi connectivity index (χ2v) is 9.84. The van der Waals surface area contributed by atoms with E-state index in [4.69, 9.17) is 0 Å². The highest BCUT2D eigenvalue weighted by atomic mass is 32.2. The number of piperazine rings is 1. The van der Waals surface area contributed by atoms with Gasteiger partial charge < -0.3 is 14.8 Å². The van der Waals surface area contributed by atoms with Gasteiger partial charge in [-0.15, -0.1) is 0 Å². The van der Waals surface area contributed by atoms with E-state index in [2.05, 4.69) is 19.9 Å². The van der Waals surface area contributed by atoms with Gasteiger partial charge in [0.25, 0.3) is 5.91 Å². The first-order valence-electron chi connectivity index (χ1n) is 9.68. The van der Waals surface area contributed by atoms with Gasteiger partial charge in [0.2, 0.25) is 0 Å². The van der Waals surface area contributed by atoms with Gasteiger partial charge in [0, 0.05) is 31.1 Å². The van der Waals surface area contributed by atoms with E-state index in [0.717, 1.165) is 42.0 Å². The fourth-order valence-electron chi connectivity index (χ4n) is 4.60. The molecule has 0 aliphatic carbocycles. The maximum Gasteiger partial charge on any atom is 0.254 e. The molecule has 2 fully saturated rings. The van der Waals surface area contributed by atoms with E-state index in [-0.39, 0.29) is 23.6 Å². The SMILES string of the molecule is CS(=O)(=O)c1ccc(C(=O)N2C3CCC2CN(c2ncnc4[nH]ccc24)C3)cc1F. The highest BCUT2D eigenvalue weighted by Gasteiger charge is 2.43. The number of rotatable bonds is 3. The van der Waals surface area contributed by atoms with Gasteiger partial charge in [0.15, 0.2) is 9.84 Å². The number of benzene rings is 1. The summed E-state index contributed by atoms with van der Waals surface area (Å²) in [7, 11) is -3.68. The van der Waals surface area contributed by atoms with Gasteiger partial charge in [-0.3, -0.25) is 4.79 Å². The number of halogens is 1.